The van der Waals surface area contributed by atoms with Gasteiger partial charge in [-0.1, -0.05) is 35.9 Å². The topological polar surface area (TPSA) is 52.6 Å². The third-order valence-electron chi connectivity index (χ3n) is 6.65. The molecule has 1 saturated heterocycles. The number of aliphatic hydroxyl groups is 1. The Balaban J connectivity index is 1.32. The highest BCUT2D eigenvalue weighted by atomic mass is 35.5. The molecule has 0 aromatic heterocycles. The minimum Gasteiger partial charge on any atom is -0.393 e. The lowest BCUT2D eigenvalue weighted by atomic mass is 9.96. The fourth-order valence-corrected chi connectivity index (χ4v) is 5.01. The molecule has 4 rings (SSSR count). The van der Waals surface area contributed by atoms with Crippen LogP contribution in [0.15, 0.2) is 48.5 Å². The Morgan fingerprint density at radius 1 is 1.10 bits per heavy atom. The first-order chi connectivity index (χ1) is 14.5. The normalized spacial score (nSPS) is 23.5. The van der Waals surface area contributed by atoms with E-state index >= 15 is 0 Å². The van der Waals surface area contributed by atoms with E-state index in [1.54, 1.807) is 0 Å². The second-order valence-electron chi connectivity index (χ2n) is 8.80. The van der Waals surface area contributed by atoms with Crippen molar-refractivity contribution in [1.82, 2.24) is 10.2 Å². The fourth-order valence-electron chi connectivity index (χ4n) is 4.81. The molecule has 0 bridgehead atoms. The Hall–Kier alpha value is -1.88. The summed E-state index contributed by atoms with van der Waals surface area (Å²) in [7, 11) is 0. The van der Waals surface area contributed by atoms with Crippen molar-refractivity contribution in [2.75, 3.05) is 13.1 Å². The molecule has 0 unspecified atom stereocenters. The van der Waals surface area contributed by atoms with Crippen LogP contribution in [-0.2, 0) is 0 Å². The van der Waals surface area contributed by atoms with E-state index in [4.69, 9.17) is 11.6 Å². The van der Waals surface area contributed by atoms with E-state index in [0.717, 1.165) is 29.8 Å². The zero-order valence-electron chi connectivity index (χ0n) is 17.6. The van der Waals surface area contributed by atoms with Crippen LogP contribution in [0, 0.1) is 0 Å². The number of aliphatic hydroxyl groups excluding tert-OH is 1. The molecule has 2 aromatic rings. The molecule has 2 N–H and O–H groups in total. The van der Waals surface area contributed by atoms with Crippen LogP contribution in [0.5, 0.6) is 0 Å². The summed E-state index contributed by atoms with van der Waals surface area (Å²) in [5.74, 6) is 0.609. The van der Waals surface area contributed by atoms with Crippen LogP contribution in [0.25, 0.3) is 0 Å². The summed E-state index contributed by atoms with van der Waals surface area (Å²) in [4.78, 5) is 14.6. The average molecular weight is 427 g/mol. The Morgan fingerprint density at radius 2 is 1.83 bits per heavy atom. The molecular formula is C25H31ClN2O2. The fraction of sp³-hybridized carbons (Fsp3) is 0.480. The zero-order valence-corrected chi connectivity index (χ0v) is 18.3. The quantitative estimate of drug-likeness (QED) is 0.713. The maximum absolute atomic E-state index is 12.7. The lowest BCUT2D eigenvalue weighted by Gasteiger charge is -2.29. The molecule has 1 heterocycles. The number of benzene rings is 2. The summed E-state index contributed by atoms with van der Waals surface area (Å²) in [6.07, 6.45) is 4.52. The Kier molecular flexibility index (Phi) is 6.77. The minimum absolute atomic E-state index is 0.0785. The van der Waals surface area contributed by atoms with Gasteiger partial charge in [-0.3, -0.25) is 4.79 Å². The summed E-state index contributed by atoms with van der Waals surface area (Å²) in [6, 6.07) is 17.0. The van der Waals surface area contributed by atoms with Crippen molar-refractivity contribution in [1.29, 1.82) is 0 Å². The maximum atomic E-state index is 12.7. The van der Waals surface area contributed by atoms with Gasteiger partial charge in [-0.2, -0.15) is 0 Å². The highest BCUT2D eigenvalue weighted by molar-refractivity contribution is 6.30. The molecule has 2 fully saturated rings. The largest absolute Gasteiger partial charge is 0.393 e. The van der Waals surface area contributed by atoms with E-state index in [1.165, 1.54) is 11.1 Å². The second-order valence-corrected chi connectivity index (χ2v) is 9.23. The van der Waals surface area contributed by atoms with Crippen molar-refractivity contribution in [3.8, 4) is 0 Å². The molecule has 2 aromatic carbocycles. The molecule has 1 amide bonds. The van der Waals surface area contributed by atoms with E-state index < -0.39 is 0 Å². The van der Waals surface area contributed by atoms with Crippen LogP contribution < -0.4 is 5.32 Å². The molecule has 0 spiro atoms. The SMILES string of the molecule is C[C@@H](N[C@H]1CC[C@@H](c2ccc(C(=O)N3CCC(O)CC3)cc2)C1)c1cccc(Cl)c1. The van der Waals surface area contributed by atoms with Crippen molar-refractivity contribution in [3.05, 3.63) is 70.2 Å². The molecule has 4 nitrogen and oxygen atoms in total. The van der Waals surface area contributed by atoms with Crippen molar-refractivity contribution >= 4 is 17.5 Å². The summed E-state index contributed by atoms with van der Waals surface area (Å²) in [6.45, 7) is 3.48. The Labute approximate surface area is 184 Å². The number of piperidine rings is 1. The maximum Gasteiger partial charge on any atom is 0.253 e. The lowest BCUT2D eigenvalue weighted by Crippen LogP contribution is -2.40. The van der Waals surface area contributed by atoms with Gasteiger partial charge in [0.2, 0.25) is 0 Å². The number of halogens is 1. The number of nitrogens with zero attached hydrogens (tertiary/aromatic N) is 1. The highest BCUT2D eigenvalue weighted by Crippen LogP contribution is 2.35. The van der Waals surface area contributed by atoms with Crippen LogP contribution in [0.2, 0.25) is 5.02 Å². The summed E-state index contributed by atoms with van der Waals surface area (Å²) >= 11 is 6.13. The van der Waals surface area contributed by atoms with Gasteiger partial charge in [0.1, 0.15) is 0 Å². The van der Waals surface area contributed by atoms with Gasteiger partial charge in [0.05, 0.1) is 6.10 Å². The van der Waals surface area contributed by atoms with Crippen molar-refractivity contribution in [3.63, 3.8) is 0 Å². The molecular weight excluding hydrogens is 396 g/mol. The van der Waals surface area contributed by atoms with Gasteiger partial charge in [0.15, 0.2) is 0 Å². The number of hydrogen-bond acceptors (Lipinski definition) is 3. The predicted molar refractivity (Wildman–Crippen MR) is 121 cm³/mol. The molecule has 30 heavy (non-hydrogen) atoms. The number of rotatable bonds is 5. The predicted octanol–water partition coefficient (Wildman–Crippen LogP) is 4.92. The van der Waals surface area contributed by atoms with E-state index in [-0.39, 0.29) is 18.1 Å². The van der Waals surface area contributed by atoms with Crippen molar-refractivity contribution < 1.29 is 9.90 Å². The van der Waals surface area contributed by atoms with Gasteiger partial charge in [0, 0.05) is 35.8 Å². The number of hydrogen-bond donors (Lipinski definition) is 2. The number of amides is 1. The van der Waals surface area contributed by atoms with Gasteiger partial charge in [0.25, 0.3) is 5.91 Å². The molecule has 0 radical (unpaired) electrons. The lowest BCUT2D eigenvalue weighted by molar-refractivity contribution is 0.0546. The van der Waals surface area contributed by atoms with Crippen molar-refractivity contribution in [2.45, 2.75) is 63.1 Å². The van der Waals surface area contributed by atoms with Gasteiger partial charge < -0.3 is 15.3 Å². The van der Waals surface area contributed by atoms with Crippen LogP contribution in [0.4, 0.5) is 0 Å². The number of likely N-dealkylation sites (tertiary alicyclic amines) is 1. The zero-order chi connectivity index (χ0) is 21.1. The molecule has 1 saturated carbocycles. The molecule has 160 valence electrons. The van der Waals surface area contributed by atoms with E-state index in [9.17, 15) is 9.90 Å². The Bertz CT molecular complexity index is 862. The smallest absolute Gasteiger partial charge is 0.253 e. The van der Waals surface area contributed by atoms with Crippen molar-refractivity contribution in [2.24, 2.45) is 0 Å². The van der Waals surface area contributed by atoms with E-state index in [0.29, 0.717) is 37.9 Å². The summed E-state index contributed by atoms with van der Waals surface area (Å²) < 4.78 is 0. The molecule has 1 aliphatic carbocycles. The summed E-state index contributed by atoms with van der Waals surface area (Å²) in [5.41, 5.74) is 3.29. The first kappa shape index (κ1) is 21.4. The molecule has 1 aliphatic heterocycles. The second kappa shape index (κ2) is 9.51. The Morgan fingerprint density at radius 3 is 2.53 bits per heavy atom. The average Bonchev–Trinajstić information content (AvgIpc) is 3.22. The van der Waals surface area contributed by atoms with Crippen LogP contribution in [0.1, 0.15) is 72.5 Å². The minimum atomic E-state index is -0.262. The third kappa shape index (κ3) is 5.05. The van der Waals surface area contributed by atoms with Gasteiger partial charge >= 0.3 is 0 Å². The van der Waals surface area contributed by atoms with E-state index in [1.807, 2.05) is 35.2 Å². The van der Waals surface area contributed by atoms with Crippen LogP contribution in [-0.4, -0.2) is 41.1 Å². The first-order valence-corrected chi connectivity index (χ1v) is 11.5. The molecule has 2 aliphatic rings. The first-order valence-electron chi connectivity index (χ1n) is 11.1. The third-order valence-corrected chi connectivity index (χ3v) is 6.88. The highest BCUT2D eigenvalue weighted by Gasteiger charge is 2.27. The standard InChI is InChI=1S/C25H31ClN2O2/c1-17(20-3-2-4-22(26)15-20)27-23-10-9-21(16-23)18-5-7-19(8-6-18)25(30)28-13-11-24(29)12-14-28/h2-8,15,17,21,23-24,27,29H,9-14,16H2,1H3/t17-,21-,23+/m1/s1. The molecule has 5 heteroatoms. The molecule has 3 atom stereocenters. The van der Waals surface area contributed by atoms with Gasteiger partial charge in [-0.25, -0.2) is 0 Å². The monoisotopic (exact) mass is 426 g/mol. The van der Waals surface area contributed by atoms with Gasteiger partial charge in [-0.05, 0) is 80.3 Å². The number of carbonyl (C=O) groups is 1. The van der Waals surface area contributed by atoms with Crippen LogP contribution >= 0.6 is 11.6 Å². The van der Waals surface area contributed by atoms with E-state index in [2.05, 4.69) is 30.4 Å². The number of nitrogens with one attached hydrogen (secondary N) is 1. The van der Waals surface area contributed by atoms with Crippen LogP contribution in [0.3, 0.4) is 0 Å². The number of carbonyl (C=O) groups excluding carboxylic acids is 1. The summed E-state index contributed by atoms with van der Waals surface area (Å²) in [5, 5.41) is 14.2. The van der Waals surface area contributed by atoms with Gasteiger partial charge in [-0.15, -0.1) is 0 Å².